The van der Waals surface area contributed by atoms with Gasteiger partial charge >= 0.3 is 11.9 Å². The molecule has 13 nitrogen and oxygen atoms in total. The van der Waals surface area contributed by atoms with Gasteiger partial charge in [0.15, 0.2) is 11.9 Å². The second-order valence-corrected chi connectivity index (χ2v) is 11.8. The van der Waals surface area contributed by atoms with Gasteiger partial charge in [0.25, 0.3) is 11.8 Å². The van der Waals surface area contributed by atoms with E-state index in [1.807, 2.05) is 13.8 Å². The van der Waals surface area contributed by atoms with Gasteiger partial charge in [0, 0.05) is 50.5 Å². The summed E-state index contributed by atoms with van der Waals surface area (Å²) in [5.41, 5.74) is -0.748. The highest BCUT2D eigenvalue weighted by Crippen LogP contribution is 2.60. The molecule has 6 aliphatic rings. The first-order valence-electron chi connectivity index (χ1n) is 14.3. The van der Waals surface area contributed by atoms with E-state index in [9.17, 15) is 24.0 Å². The molecule has 222 valence electrons. The van der Waals surface area contributed by atoms with E-state index in [4.69, 9.17) is 28.8 Å². The highest BCUT2D eigenvalue weighted by molar-refractivity contribution is 6.01. The van der Waals surface area contributed by atoms with Crippen LogP contribution in [0.5, 0.6) is 0 Å². The Balaban J connectivity index is 1.06. The summed E-state index contributed by atoms with van der Waals surface area (Å²) in [5.74, 6) is -3.21. The van der Waals surface area contributed by atoms with E-state index in [1.165, 1.54) is 0 Å². The number of hydroxylamine groups is 2. The summed E-state index contributed by atoms with van der Waals surface area (Å²) in [7, 11) is 0. The number of amides is 3. The van der Waals surface area contributed by atoms with Crippen molar-refractivity contribution in [2.75, 3.05) is 6.54 Å². The van der Waals surface area contributed by atoms with Crippen molar-refractivity contribution in [2.45, 2.75) is 109 Å². The van der Waals surface area contributed by atoms with Crippen molar-refractivity contribution in [3.8, 4) is 0 Å². The zero-order valence-electron chi connectivity index (χ0n) is 23.2. The molecule has 3 amide bonds. The molecule has 6 rings (SSSR count). The predicted octanol–water partition coefficient (Wildman–Crippen LogP) is 2.02. The van der Waals surface area contributed by atoms with E-state index >= 15 is 0 Å². The Morgan fingerprint density at radius 2 is 1.73 bits per heavy atom. The lowest BCUT2D eigenvalue weighted by atomic mass is 9.58. The van der Waals surface area contributed by atoms with Gasteiger partial charge in [-0.25, -0.2) is 14.6 Å². The van der Waals surface area contributed by atoms with E-state index in [-0.39, 0.29) is 68.7 Å². The van der Waals surface area contributed by atoms with E-state index in [2.05, 4.69) is 12.2 Å². The van der Waals surface area contributed by atoms with E-state index < -0.39 is 47.7 Å². The highest BCUT2D eigenvalue weighted by atomic mass is 17.3. The fraction of sp³-hybridized carbons (Fsp3) is 0.815. The maximum atomic E-state index is 12.7. The summed E-state index contributed by atoms with van der Waals surface area (Å²) in [6.45, 7) is 6.20. The van der Waals surface area contributed by atoms with Crippen LogP contribution in [0.2, 0.25) is 0 Å². The number of esters is 1. The van der Waals surface area contributed by atoms with E-state index in [0.29, 0.717) is 17.4 Å². The van der Waals surface area contributed by atoms with Crippen LogP contribution in [0.25, 0.3) is 0 Å². The SMILES string of the molecule is C[C@@H]1[C@@H](OC(=O)CCC(=O)NCCCC(=O)ON2C(=O)CCC2=O)O[C@H]2O[C@]3(C)CC[C@H]4[C@H](C)CC[C@H]1[C@]24OO3. The zero-order chi connectivity index (χ0) is 28.7. The Labute approximate surface area is 232 Å². The molecule has 5 heterocycles. The first-order valence-corrected chi connectivity index (χ1v) is 14.3. The molecule has 1 aliphatic carbocycles. The zero-order valence-corrected chi connectivity index (χ0v) is 23.2. The molecule has 0 aromatic carbocycles. The van der Waals surface area contributed by atoms with Gasteiger partial charge in [-0.3, -0.25) is 19.2 Å². The average Bonchev–Trinajstić information content (AvgIpc) is 3.07. The summed E-state index contributed by atoms with van der Waals surface area (Å²) >= 11 is 0. The van der Waals surface area contributed by atoms with Crippen LogP contribution in [-0.2, 0) is 52.8 Å². The monoisotopic (exact) mass is 566 g/mol. The number of carbonyl (C=O) groups is 5. The van der Waals surface area contributed by atoms with Gasteiger partial charge in [-0.05, 0) is 44.4 Å². The topological polar surface area (TPSA) is 156 Å². The van der Waals surface area contributed by atoms with Gasteiger partial charge in [-0.1, -0.05) is 13.8 Å². The molecule has 2 bridgehead atoms. The minimum atomic E-state index is -0.926. The van der Waals surface area contributed by atoms with E-state index in [1.54, 1.807) is 0 Å². The van der Waals surface area contributed by atoms with Crippen LogP contribution in [0.1, 0.15) is 85.0 Å². The number of fused-ring (bicyclic) bond motifs is 2. The summed E-state index contributed by atoms with van der Waals surface area (Å²) in [5, 5.41) is 3.12. The lowest BCUT2D eigenvalue weighted by Crippen LogP contribution is -2.70. The number of carbonyl (C=O) groups excluding carboxylic acids is 5. The van der Waals surface area contributed by atoms with Gasteiger partial charge in [0.1, 0.15) is 0 Å². The third kappa shape index (κ3) is 5.48. The number of nitrogens with one attached hydrogen (secondary N) is 1. The Kier molecular flexibility index (Phi) is 8.20. The molecule has 0 aromatic heterocycles. The lowest BCUT2D eigenvalue weighted by Gasteiger charge is -2.59. The smallest absolute Gasteiger partial charge is 0.333 e. The second-order valence-electron chi connectivity index (χ2n) is 11.8. The number of hydrogen-bond acceptors (Lipinski definition) is 11. The fourth-order valence-electron chi connectivity index (χ4n) is 6.76. The second kappa shape index (κ2) is 11.3. The van der Waals surface area contributed by atoms with Crippen LogP contribution in [0.4, 0.5) is 0 Å². The number of imide groups is 1. The molecular formula is C27H38N2O11. The number of nitrogens with zero attached hydrogens (tertiary/aromatic N) is 1. The van der Waals surface area contributed by atoms with Crippen LogP contribution in [0.15, 0.2) is 0 Å². The van der Waals surface area contributed by atoms with Crippen molar-refractivity contribution < 1.29 is 52.8 Å². The fourth-order valence-corrected chi connectivity index (χ4v) is 6.76. The predicted molar refractivity (Wildman–Crippen MR) is 132 cm³/mol. The van der Waals surface area contributed by atoms with Crippen molar-refractivity contribution in [1.82, 2.24) is 10.4 Å². The molecule has 13 heteroatoms. The normalized spacial score (nSPS) is 38.4. The van der Waals surface area contributed by atoms with Gasteiger partial charge in [-0.15, -0.1) is 5.06 Å². The minimum Gasteiger partial charge on any atom is -0.435 e. The van der Waals surface area contributed by atoms with Crippen molar-refractivity contribution in [2.24, 2.45) is 23.7 Å². The summed E-state index contributed by atoms with van der Waals surface area (Å²) in [6, 6.07) is 0. The number of ether oxygens (including phenoxy) is 3. The Bertz CT molecular complexity index is 1040. The summed E-state index contributed by atoms with van der Waals surface area (Å²) in [6.07, 6.45) is 1.89. The first kappa shape index (κ1) is 28.9. The van der Waals surface area contributed by atoms with E-state index in [0.717, 1.165) is 19.3 Å². The molecule has 5 saturated heterocycles. The maximum absolute atomic E-state index is 12.7. The molecule has 1 spiro atoms. The molecule has 0 unspecified atom stereocenters. The van der Waals surface area contributed by atoms with Crippen molar-refractivity contribution in [3.63, 3.8) is 0 Å². The van der Waals surface area contributed by atoms with Crippen LogP contribution in [0.3, 0.4) is 0 Å². The number of rotatable bonds is 9. The lowest BCUT2D eigenvalue weighted by molar-refractivity contribution is -0.576. The highest BCUT2D eigenvalue weighted by Gasteiger charge is 2.69. The maximum Gasteiger partial charge on any atom is 0.333 e. The van der Waals surface area contributed by atoms with Crippen LogP contribution >= 0.6 is 0 Å². The van der Waals surface area contributed by atoms with Crippen LogP contribution in [0, 0.1) is 23.7 Å². The molecule has 0 radical (unpaired) electrons. The van der Waals surface area contributed by atoms with Gasteiger partial charge in [0.05, 0.1) is 6.42 Å². The van der Waals surface area contributed by atoms with Gasteiger partial charge in [-0.2, -0.15) is 0 Å². The van der Waals surface area contributed by atoms with Crippen LogP contribution < -0.4 is 5.32 Å². The minimum absolute atomic E-state index is 0.0181. The van der Waals surface area contributed by atoms with Crippen molar-refractivity contribution in [3.05, 3.63) is 0 Å². The molecule has 1 saturated carbocycles. The van der Waals surface area contributed by atoms with Gasteiger partial charge in [0.2, 0.25) is 18.0 Å². The molecule has 0 aromatic rings. The third-order valence-corrected chi connectivity index (χ3v) is 8.98. The standard InChI is InChI=1S/C27H38N2O11/c1-15-6-7-18-16(2)24(36-25-27(18)17(15)12-13-26(3,37-25)39-40-27)35-22(33)11-8-19(30)28-14-4-5-23(34)38-29-20(31)9-10-21(29)32/h15-18,24-25H,4-14H2,1-3H3,(H,28,30)/t15-,16+,17+,18-,24+,25+,26+,27+/m1/s1. The summed E-state index contributed by atoms with van der Waals surface area (Å²) in [4.78, 5) is 76.4. The molecule has 5 aliphatic heterocycles. The Morgan fingerprint density at radius 3 is 2.48 bits per heavy atom. The third-order valence-electron chi connectivity index (χ3n) is 8.98. The average molecular weight is 567 g/mol. The molecule has 6 fully saturated rings. The van der Waals surface area contributed by atoms with Crippen LogP contribution in [-0.4, -0.2) is 65.2 Å². The summed E-state index contributed by atoms with van der Waals surface area (Å²) < 4.78 is 18.2. The van der Waals surface area contributed by atoms with Crippen molar-refractivity contribution >= 4 is 29.7 Å². The largest absolute Gasteiger partial charge is 0.435 e. The van der Waals surface area contributed by atoms with Gasteiger partial charge < -0.3 is 24.4 Å². The molecule has 40 heavy (non-hydrogen) atoms. The molecular weight excluding hydrogens is 528 g/mol. The molecule has 8 atom stereocenters. The number of hydrogen-bond donors (Lipinski definition) is 1. The molecule has 1 N–H and O–H groups in total. The quantitative estimate of drug-likeness (QED) is 0.188. The first-order chi connectivity index (χ1) is 19.0. The van der Waals surface area contributed by atoms with Crippen molar-refractivity contribution in [1.29, 1.82) is 0 Å². The Morgan fingerprint density at radius 1 is 0.975 bits per heavy atom. The Hall–Kier alpha value is -2.61.